The lowest BCUT2D eigenvalue weighted by Crippen LogP contribution is -2.24. The lowest BCUT2D eigenvalue weighted by atomic mass is 10.1. The molecule has 3 rings (SSSR count). The highest BCUT2D eigenvalue weighted by molar-refractivity contribution is 8.00. The molecule has 0 radical (unpaired) electrons. The van der Waals surface area contributed by atoms with Crippen LogP contribution in [0.25, 0.3) is 10.8 Å². The van der Waals surface area contributed by atoms with E-state index in [1.54, 1.807) is 0 Å². The molecule has 0 amide bonds. The molecule has 2 atom stereocenters. The molecule has 0 aliphatic carbocycles. The Bertz CT molecular complexity index is 521. The van der Waals surface area contributed by atoms with Crippen LogP contribution in [0, 0.1) is 0 Å². The summed E-state index contributed by atoms with van der Waals surface area (Å²) in [6.07, 6.45) is 5.05. The van der Waals surface area contributed by atoms with E-state index in [2.05, 4.69) is 53.3 Å². The van der Waals surface area contributed by atoms with Gasteiger partial charge in [-0.15, -0.1) is 0 Å². The van der Waals surface area contributed by atoms with Gasteiger partial charge in [0.05, 0.1) is 0 Å². The Labute approximate surface area is 106 Å². The van der Waals surface area contributed by atoms with Crippen LogP contribution in [-0.4, -0.2) is 22.0 Å². The Morgan fingerprint density at radius 2 is 2.29 bits per heavy atom. The topological polar surface area (TPSA) is 24.9 Å². The second-order valence-corrected chi connectivity index (χ2v) is 6.00. The van der Waals surface area contributed by atoms with Crippen molar-refractivity contribution in [2.45, 2.75) is 24.6 Å². The first-order valence-corrected chi connectivity index (χ1v) is 7.10. The average Bonchev–Trinajstić information content (AvgIpc) is 2.76. The van der Waals surface area contributed by atoms with Gasteiger partial charge in [0.1, 0.15) is 0 Å². The molecule has 1 aliphatic heterocycles. The zero-order chi connectivity index (χ0) is 11.7. The second kappa shape index (κ2) is 4.57. The highest BCUT2D eigenvalue weighted by Gasteiger charge is 2.23. The number of rotatable bonds is 2. The number of thioether (sulfide) groups is 1. The molecule has 2 nitrogen and oxygen atoms in total. The molecule has 2 heterocycles. The van der Waals surface area contributed by atoms with Crippen molar-refractivity contribution < 1.29 is 0 Å². The minimum atomic E-state index is 0.589. The predicted octanol–water partition coefficient (Wildman–Crippen LogP) is 3.54. The van der Waals surface area contributed by atoms with Crippen LogP contribution in [0.2, 0.25) is 0 Å². The van der Waals surface area contributed by atoms with Gasteiger partial charge in [-0.2, -0.15) is 11.8 Å². The van der Waals surface area contributed by atoms with E-state index in [-0.39, 0.29) is 0 Å². The number of benzene rings is 1. The largest absolute Gasteiger partial charge is 0.381 e. The van der Waals surface area contributed by atoms with E-state index in [9.17, 15) is 0 Å². The summed E-state index contributed by atoms with van der Waals surface area (Å²) >= 11 is 2.05. The first-order chi connectivity index (χ1) is 8.34. The number of pyridine rings is 1. The lowest BCUT2D eigenvalue weighted by molar-refractivity contribution is 0.725. The zero-order valence-corrected chi connectivity index (χ0v) is 10.7. The summed E-state index contributed by atoms with van der Waals surface area (Å²) in [4.78, 5) is 4.22. The van der Waals surface area contributed by atoms with E-state index in [0.29, 0.717) is 11.3 Å². The third-order valence-corrected chi connectivity index (χ3v) is 4.73. The predicted molar refractivity (Wildman–Crippen MR) is 75.7 cm³/mol. The van der Waals surface area contributed by atoms with Gasteiger partial charge in [-0.1, -0.05) is 19.1 Å². The molecule has 1 aromatic heterocycles. The standard InChI is InChI=1S/C14H16N2S/c1-10-13(6-8-17-10)16-14-4-2-3-11-5-7-15-9-12(11)14/h2-5,7,9-10,13,16H,6,8H2,1H3. The normalized spacial score (nSPS) is 24.1. The van der Waals surface area contributed by atoms with Crippen molar-refractivity contribution in [3.8, 4) is 0 Å². The fourth-order valence-corrected chi connectivity index (χ4v) is 3.56. The van der Waals surface area contributed by atoms with Crippen molar-refractivity contribution in [2.75, 3.05) is 11.1 Å². The molecule has 2 aromatic rings. The van der Waals surface area contributed by atoms with Gasteiger partial charge in [0.15, 0.2) is 0 Å². The van der Waals surface area contributed by atoms with E-state index in [1.807, 2.05) is 12.4 Å². The Balaban J connectivity index is 1.94. The number of aromatic nitrogens is 1. The Kier molecular flexibility index (Phi) is 2.93. The van der Waals surface area contributed by atoms with Crippen LogP contribution < -0.4 is 5.32 Å². The van der Waals surface area contributed by atoms with Gasteiger partial charge < -0.3 is 5.32 Å². The summed E-state index contributed by atoms with van der Waals surface area (Å²) < 4.78 is 0. The van der Waals surface area contributed by atoms with Crippen molar-refractivity contribution in [2.24, 2.45) is 0 Å². The van der Waals surface area contributed by atoms with Gasteiger partial charge in [-0.3, -0.25) is 4.98 Å². The van der Waals surface area contributed by atoms with Gasteiger partial charge in [-0.05, 0) is 29.7 Å². The summed E-state index contributed by atoms with van der Waals surface area (Å²) in [5, 5.41) is 6.84. The number of anilines is 1. The highest BCUT2D eigenvalue weighted by Crippen LogP contribution is 2.31. The molecule has 1 fully saturated rings. The third kappa shape index (κ3) is 2.12. The van der Waals surface area contributed by atoms with E-state index < -0.39 is 0 Å². The van der Waals surface area contributed by atoms with Crippen LogP contribution >= 0.6 is 11.8 Å². The molecule has 0 bridgehead atoms. The molecule has 1 aliphatic rings. The maximum atomic E-state index is 4.22. The molecular weight excluding hydrogens is 228 g/mol. The van der Waals surface area contributed by atoms with Crippen molar-refractivity contribution in [1.82, 2.24) is 4.98 Å². The van der Waals surface area contributed by atoms with Gasteiger partial charge in [0.2, 0.25) is 0 Å². The molecule has 3 heteroatoms. The van der Waals surface area contributed by atoms with Crippen molar-refractivity contribution in [3.05, 3.63) is 36.7 Å². The number of fused-ring (bicyclic) bond motifs is 1. The number of nitrogens with zero attached hydrogens (tertiary/aromatic N) is 1. The summed E-state index contributed by atoms with van der Waals surface area (Å²) in [5.74, 6) is 1.27. The first-order valence-electron chi connectivity index (χ1n) is 6.05. The zero-order valence-electron chi connectivity index (χ0n) is 9.89. The molecule has 0 spiro atoms. The summed E-state index contributed by atoms with van der Waals surface area (Å²) in [6.45, 7) is 2.30. The maximum absolute atomic E-state index is 4.22. The SMILES string of the molecule is CC1SCCC1Nc1cccc2ccncc12. The monoisotopic (exact) mass is 244 g/mol. The van der Waals surface area contributed by atoms with Crippen LogP contribution in [0.3, 0.4) is 0 Å². The minimum absolute atomic E-state index is 0.589. The quantitative estimate of drug-likeness (QED) is 0.874. The third-order valence-electron chi connectivity index (χ3n) is 3.40. The summed E-state index contributed by atoms with van der Waals surface area (Å²) in [6, 6.07) is 9.05. The molecule has 17 heavy (non-hydrogen) atoms. The van der Waals surface area contributed by atoms with E-state index in [4.69, 9.17) is 0 Å². The van der Waals surface area contributed by atoms with Crippen molar-refractivity contribution in [1.29, 1.82) is 0 Å². The highest BCUT2D eigenvalue weighted by atomic mass is 32.2. The first kappa shape index (κ1) is 10.9. The Morgan fingerprint density at radius 1 is 1.35 bits per heavy atom. The van der Waals surface area contributed by atoms with Gasteiger partial charge in [-0.25, -0.2) is 0 Å². The van der Waals surface area contributed by atoms with E-state index >= 15 is 0 Å². The summed E-state index contributed by atoms with van der Waals surface area (Å²) in [5.41, 5.74) is 1.22. The molecule has 2 unspecified atom stereocenters. The van der Waals surface area contributed by atoms with Crippen molar-refractivity contribution >= 4 is 28.2 Å². The van der Waals surface area contributed by atoms with Gasteiger partial charge >= 0.3 is 0 Å². The Hall–Kier alpha value is -1.22. The fourth-order valence-electron chi connectivity index (χ4n) is 2.36. The van der Waals surface area contributed by atoms with E-state index in [1.165, 1.54) is 28.6 Å². The lowest BCUT2D eigenvalue weighted by Gasteiger charge is -2.19. The van der Waals surface area contributed by atoms with Gasteiger partial charge in [0.25, 0.3) is 0 Å². The van der Waals surface area contributed by atoms with Crippen LogP contribution in [0.4, 0.5) is 5.69 Å². The Morgan fingerprint density at radius 3 is 3.12 bits per heavy atom. The summed E-state index contributed by atoms with van der Waals surface area (Å²) in [7, 11) is 0. The average molecular weight is 244 g/mol. The second-order valence-electron chi connectivity index (χ2n) is 4.52. The smallest absolute Gasteiger partial charge is 0.0438 e. The molecule has 0 saturated carbocycles. The number of hydrogen-bond acceptors (Lipinski definition) is 3. The van der Waals surface area contributed by atoms with E-state index in [0.717, 1.165) is 0 Å². The molecule has 88 valence electrons. The van der Waals surface area contributed by atoms with Crippen LogP contribution in [-0.2, 0) is 0 Å². The van der Waals surface area contributed by atoms with Crippen LogP contribution in [0.15, 0.2) is 36.7 Å². The van der Waals surface area contributed by atoms with Gasteiger partial charge in [0, 0.05) is 34.8 Å². The molecular formula is C14H16N2S. The van der Waals surface area contributed by atoms with Crippen molar-refractivity contribution in [3.63, 3.8) is 0 Å². The molecule has 1 saturated heterocycles. The maximum Gasteiger partial charge on any atom is 0.0438 e. The molecule has 1 N–H and O–H groups in total. The number of hydrogen-bond donors (Lipinski definition) is 1. The fraction of sp³-hybridized carbons (Fsp3) is 0.357. The number of nitrogens with one attached hydrogen (secondary N) is 1. The minimum Gasteiger partial charge on any atom is -0.381 e. The van der Waals surface area contributed by atoms with Crippen LogP contribution in [0.5, 0.6) is 0 Å². The van der Waals surface area contributed by atoms with Crippen LogP contribution in [0.1, 0.15) is 13.3 Å². The molecule has 1 aromatic carbocycles.